The van der Waals surface area contributed by atoms with Crippen LogP contribution in [0.5, 0.6) is 0 Å². The Morgan fingerprint density at radius 1 is 1.53 bits per heavy atom. The number of rotatable bonds is 3. The van der Waals surface area contributed by atoms with Gasteiger partial charge in [-0.05, 0) is 47.4 Å². The molecule has 1 atom stereocenters. The second-order valence-electron chi connectivity index (χ2n) is 4.08. The highest BCUT2D eigenvalue weighted by molar-refractivity contribution is 9.11. The van der Waals surface area contributed by atoms with Crippen LogP contribution in [0.4, 0.5) is 0 Å². The molecule has 1 unspecified atom stereocenters. The van der Waals surface area contributed by atoms with Crippen LogP contribution >= 0.6 is 27.3 Å². The normalized spacial score (nSPS) is 21.9. The molecule has 0 spiro atoms. The minimum absolute atomic E-state index is 0.0645. The second kappa shape index (κ2) is 5.36. The molecule has 1 fully saturated rings. The predicted molar refractivity (Wildman–Crippen MR) is 72.9 cm³/mol. The predicted octanol–water partition coefficient (Wildman–Crippen LogP) is 1.88. The van der Waals surface area contributed by atoms with E-state index < -0.39 is 10.0 Å². The number of thiophene rings is 1. The number of halogens is 1. The van der Waals surface area contributed by atoms with Crippen LogP contribution in [0.25, 0.3) is 0 Å². The summed E-state index contributed by atoms with van der Waals surface area (Å²) in [4.78, 5) is 0. The van der Waals surface area contributed by atoms with Crippen molar-refractivity contribution in [3.63, 3.8) is 0 Å². The molecule has 1 aliphatic heterocycles. The zero-order valence-electron chi connectivity index (χ0n) is 9.52. The van der Waals surface area contributed by atoms with Gasteiger partial charge in [0, 0.05) is 19.6 Å². The zero-order chi connectivity index (χ0) is 12.5. The van der Waals surface area contributed by atoms with Crippen molar-refractivity contribution in [3.8, 4) is 0 Å². The standard InChI is InChI=1S/C10H15BrN2O2S2/c1-13(8-3-2-6-12-7-8)17(14,15)10-5-4-9(11)16-10/h4-5,8,12H,2-3,6-7H2,1H3. The molecule has 96 valence electrons. The van der Waals surface area contributed by atoms with Crippen molar-refractivity contribution in [3.05, 3.63) is 15.9 Å². The van der Waals surface area contributed by atoms with Crippen LogP contribution in [0.15, 0.2) is 20.1 Å². The van der Waals surface area contributed by atoms with Gasteiger partial charge >= 0.3 is 0 Å². The van der Waals surface area contributed by atoms with Gasteiger partial charge in [0.15, 0.2) is 0 Å². The van der Waals surface area contributed by atoms with Crippen LogP contribution in [0, 0.1) is 0 Å². The quantitative estimate of drug-likeness (QED) is 0.915. The van der Waals surface area contributed by atoms with Gasteiger partial charge in [-0.25, -0.2) is 8.42 Å². The van der Waals surface area contributed by atoms with Crippen molar-refractivity contribution in [2.75, 3.05) is 20.1 Å². The summed E-state index contributed by atoms with van der Waals surface area (Å²) in [5, 5.41) is 3.23. The molecule has 0 aromatic carbocycles. The SMILES string of the molecule is CN(C1CCCNC1)S(=O)(=O)c1ccc(Br)s1. The molecule has 0 aliphatic carbocycles. The number of likely N-dealkylation sites (N-methyl/N-ethyl adjacent to an activating group) is 1. The van der Waals surface area contributed by atoms with E-state index in [0.717, 1.165) is 29.7 Å². The molecule has 4 nitrogen and oxygen atoms in total. The Labute approximate surface area is 114 Å². The average molecular weight is 339 g/mol. The maximum absolute atomic E-state index is 12.3. The summed E-state index contributed by atoms with van der Waals surface area (Å²) in [6.07, 6.45) is 1.95. The van der Waals surface area contributed by atoms with Gasteiger partial charge in [0.2, 0.25) is 0 Å². The Morgan fingerprint density at radius 2 is 2.29 bits per heavy atom. The van der Waals surface area contributed by atoms with Crippen LogP contribution in [0.2, 0.25) is 0 Å². The molecular formula is C10H15BrN2O2S2. The lowest BCUT2D eigenvalue weighted by Crippen LogP contribution is -2.46. The third-order valence-corrected chi connectivity index (χ3v) is 6.97. The lowest BCUT2D eigenvalue weighted by atomic mass is 10.1. The third-order valence-electron chi connectivity index (χ3n) is 2.97. The minimum Gasteiger partial charge on any atom is -0.315 e. The average Bonchev–Trinajstić information content (AvgIpc) is 2.77. The molecule has 0 bridgehead atoms. The van der Waals surface area contributed by atoms with Crippen LogP contribution in [0.1, 0.15) is 12.8 Å². The zero-order valence-corrected chi connectivity index (χ0v) is 12.7. The van der Waals surface area contributed by atoms with Crippen molar-refractivity contribution < 1.29 is 8.42 Å². The van der Waals surface area contributed by atoms with Crippen LogP contribution < -0.4 is 5.32 Å². The van der Waals surface area contributed by atoms with Crippen molar-refractivity contribution in [2.45, 2.75) is 23.1 Å². The Hall–Kier alpha value is 0.0500. The third kappa shape index (κ3) is 2.90. The first-order valence-corrected chi connectivity index (χ1v) is 8.51. The molecule has 0 saturated carbocycles. The van der Waals surface area contributed by atoms with Crippen molar-refractivity contribution in [1.29, 1.82) is 0 Å². The van der Waals surface area contributed by atoms with E-state index in [1.165, 1.54) is 15.6 Å². The van der Waals surface area contributed by atoms with Gasteiger partial charge in [-0.1, -0.05) is 0 Å². The molecule has 0 amide bonds. The number of nitrogens with one attached hydrogen (secondary N) is 1. The molecule has 2 heterocycles. The van der Waals surface area contributed by atoms with Crippen LogP contribution in [-0.2, 0) is 10.0 Å². The Balaban J connectivity index is 2.20. The number of nitrogens with zero attached hydrogens (tertiary/aromatic N) is 1. The molecule has 1 aromatic rings. The van der Waals surface area contributed by atoms with Gasteiger partial charge in [-0.2, -0.15) is 4.31 Å². The first-order valence-electron chi connectivity index (χ1n) is 5.46. The van der Waals surface area contributed by atoms with E-state index in [2.05, 4.69) is 21.2 Å². The van der Waals surface area contributed by atoms with E-state index in [9.17, 15) is 8.42 Å². The van der Waals surface area contributed by atoms with E-state index >= 15 is 0 Å². The summed E-state index contributed by atoms with van der Waals surface area (Å²) >= 11 is 4.55. The van der Waals surface area contributed by atoms with Gasteiger partial charge in [0.1, 0.15) is 4.21 Å². The van der Waals surface area contributed by atoms with E-state index in [0.29, 0.717) is 4.21 Å². The fraction of sp³-hybridized carbons (Fsp3) is 0.600. The molecule has 1 N–H and O–H groups in total. The summed E-state index contributed by atoms with van der Waals surface area (Å²) in [6, 6.07) is 3.48. The van der Waals surface area contributed by atoms with E-state index in [-0.39, 0.29) is 6.04 Å². The van der Waals surface area contributed by atoms with Gasteiger partial charge in [-0.15, -0.1) is 11.3 Å². The first-order chi connectivity index (χ1) is 8.01. The fourth-order valence-electron chi connectivity index (χ4n) is 1.92. The minimum atomic E-state index is -3.34. The van der Waals surface area contributed by atoms with Gasteiger partial charge in [0.25, 0.3) is 10.0 Å². The Morgan fingerprint density at radius 3 is 2.82 bits per heavy atom. The Kier molecular flexibility index (Phi) is 4.25. The van der Waals surface area contributed by atoms with Gasteiger partial charge < -0.3 is 5.32 Å². The van der Waals surface area contributed by atoms with E-state index in [4.69, 9.17) is 0 Å². The summed E-state index contributed by atoms with van der Waals surface area (Å²) in [5.74, 6) is 0. The highest BCUT2D eigenvalue weighted by Gasteiger charge is 2.29. The van der Waals surface area contributed by atoms with Crippen molar-refractivity contribution >= 4 is 37.3 Å². The second-order valence-corrected chi connectivity index (χ2v) is 8.77. The molecule has 2 rings (SSSR count). The number of piperidine rings is 1. The maximum Gasteiger partial charge on any atom is 0.252 e. The summed E-state index contributed by atoms with van der Waals surface area (Å²) in [5.41, 5.74) is 0. The van der Waals surface area contributed by atoms with Crippen LogP contribution in [-0.4, -0.2) is 38.9 Å². The molecule has 1 saturated heterocycles. The summed E-state index contributed by atoms with van der Waals surface area (Å²) in [6.45, 7) is 1.72. The lowest BCUT2D eigenvalue weighted by molar-refractivity contribution is 0.300. The molecule has 1 aromatic heterocycles. The van der Waals surface area contributed by atoms with Gasteiger partial charge in [0.05, 0.1) is 3.79 Å². The van der Waals surface area contributed by atoms with Gasteiger partial charge in [-0.3, -0.25) is 0 Å². The highest BCUT2D eigenvalue weighted by Crippen LogP contribution is 2.29. The monoisotopic (exact) mass is 338 g/mol. The summed E-state index contributed by atoms with van der Waals surface area (Å²) in [7, 11) is -1.67. The van der Waals surface area contributed by atoms with E-state index in [1.807, 2.05) is 0 Å². The van der Waals surface area contributed by atoms with Crippen molar-refractivity contribution in [2.24, 2.45) is 0 Å². The van der Waals surface area contributed by atoms with Crippen LogP contribution in [0.3, 0.4) is 0 Å². The summed E-state index contributed by atoms with van der Waals surface area (Å²) < 4.78 is 27.4. The number of hydrogen-bond donors (Lipinski definition) is 1. The topological polar surface area (TPSA) is 49.4 Å². The highest BCUT2D eigenvalue weighted by atomic mass is 79.9. The van der Waals surface area contributed by atoms with E-state index in [1.54, 1.807) is 19.2 Å². The lowest BCUT2D eigenvalue weighted by Gasteiger charge is -2.30. The molecule has 0 radical (unpaired) electrons. The number of hydrogen-bond acceptors (Lipinski definition) is 4. The molecule has 17 heavy (non-hydrogen) atoms. The molecular weight excluding hydrogens is 324 g/mol. The first kappa shape index (κ1) is 13.5. The van der Waals surface area contributed by atoms with Crippen molar-refractivity contribution in [1.82, 2.24) is 9.62 Å². The maximum atomic E-state index is 12.3. The smallest absolute Gasteiger partial charge is 0.252 e. The largest absolute Gasteiger partial charge is 0.315 e. The molecule has 7 heteroatoms. The number of sulfonamides is 1. The fourth-order valence-corrected chi connectivity index (χ4v) is 5.50. The Bertz CT molecular complexity index is 480. The molecule has 1 aliphatic rings.